The highest BCUT2D eigenvalue weighted by molar-refractivity contribution is 5.76. The van der Waals surface area contributed by atoms with Crippen LogP contribution in [0.15, 0.2) is 78.9 Å². The molecule has 3 aromatic carbocycles. The minimum atomic E-state index is 1.04. The fourth-order valence-electron chi connectivity index (χ4n) is 2.63. The van der Waals surface area contributed by atoms with Crippen molar-refractivity contribution in [3.8, 4) is 11.8 Å². The molecule has 0 aliphatic carbocycles. The molecule has 0 atom stereocenters. The first-order chi connectivity index (χ1) is 11.3. The Balaban J connectivity index is 2.09. The van der Waals surface area contributed by atoms with Gasteiger partial charge < -0.3 is 4.90 Å². The molecule has 0 N–H and O–H groups in total. The predicted molar refractivity (Wildman–Crippen MR) is 98.4 cm³/mol. The predicted octanol–water partition coefficient (Wildman–Crippen LogP) is 5.84. The summed E-state index contributed by atoms with van der Waals surface area (Å²) in [6.07, 6.45) is 0. The van der Waals surface area contributed by atoms with Crippen molar-refractivity contribution in [3.05, 3.63) is 90.0 Å². The topological polar surface area (TPSA) is 3.24 Å². The molecule has 0 bridgehead atoms. The van der Waals surface area contributed by atoms with Crippen LogP contribution in [0.25, 0.3) is 0 Å². The minimum Gasteiger partial charge on any atom is -0.310 e. The van der Waals surface area contributed by atoms with Crippen LogP contribution in [0.2, 0.25) is 0 Å². The van der Waals surface area contributed by atoms with Crippen molar-refractivity contribution in [3.63, 3.8) is 0 Å². The number of anilines is 3. The molecule has 0 aliphatic rings. The van der Waals surface area contributed by atoms with Gasteiger partial charge in [0.1, 0.15) is 0 Å². The summed E-state index contributed by atoms with van der Waals surface area (Å²) in [6.45, 7) is 3.98. The van der Waals surface area contributed by atoms with Crippen LogP contribution in [0.5, 0.6) is 0 Å². The van der Waals surface area contributed by atoms with E-state index < -0.39 is 0 Å². The van der Waals surface area contributed by atoms with Crippen LogP contribution < -0.4 is 4.90 Å². The largest absolute Gasteiger partial charge is 0.310 e. The number of hydrogen-bond donors (Lipinski definition) is 0. The van der Waals surface area contributed by atoms with Gasteiger partial charge in [-0.25, -0.2) is 0 Å². The summed E-state index contributed by atoms with van der Waals surface area (Å²) in [4.78, 5) is 2.26. The van der Waals surface area contributed by atoms with Crippen molar-refractivity contribution >= 4 is 17.1 Å². The molecular formula is C22H19N. The molecule has 0 fully saturated rings. The van der Waals surface area contributed by atoms with Gasteiger partial charge in [0.15, 0.2) is 0 Å². The van der Waals surface area contributed by atoms with E-state index >= 15 is 0 Å². The van der Waals surface area contributed by atoms with Crippen LogP contribution in [-0.2, 0) is 0 Å². The standard InChI is InChI=1S/C22H19N/c1-3-8-19-13-15-21(16-14-19)23(20-10-5-4-6-11-20)22-12-7-9-18(2)17-22/h4-7,9-17H,1-2H3. The van der Waals surface area contributed by atoms with Crippen LogP contribution in [-0.4, -0.2) is 0 Å². The van der Waals surface area contributed by atoms with E-state index in [0.29, 0.717) is 0 Å². The number of benzene rings is 3. The maximum absolute atomic E-state index is 3.09. The number of para-hydroxylation sites is 1. The molecule has 1 nitrogen and oxygen atoms in total. The summed E-state index contributed by atoms with van der Waals surface area (Å²) in [6, 6.07) is 27.3. The summed E-state index contributed by atoms with van der Waals surface area (Å²) < 4.78 is 0. The van der Waals surface area contributed by atoms with E-state index in [1.807, 2.05) is 13.0 Å². The van der Waals surface area contributed by atoms with E-state index in [-0.39, 0.29) is 0 Å². The van der Waals surface area contributed by atoms with E-state index in [1.54, 1.807) is 0 Å². The lowest BCUT2D eigenvalue weighted by atomic mass is 10.1. The monoisotopic (exact) mass is 297 g/mol. The highest BCUT2D eigenvalue weighted by Gasteiger charge is 2.11. The second kappa shape index (κ2) is 6.85. The summed E-state index contributed by atoms with van der Waals surface area (Å²) in [7, 11) is 0. The zero-order valence-electron chi connectivity index (χ0n) is 13.5. The SMILES string of the molecule is CC#Cc1ccc(N(c2ccccc2)c2cccc(C)c2)cc1. The highest BCUT2D eigenvalue weighted by Crippen LogP contribution is 2.34. The third-order valence-corrected chi connectivity index (χ3v) is 3.67. The van der Waals surface area contributed by atoms with Crippen molar-refractivity contribution in [2.45, 2.75) is 13.8 Å². The Labute approximate surface area is 138 Å². The Morgan fingerprint density at radius 2 is 1.35 bits per heavy atom. The zero-order valence-corrected chi connectivity index (χ0v) is 13.5. The molecule has 23 heavy (non-hydrogen) atoms. The molecule has 112 valence electrons. The lowest BCUT2D eigenvalue weighted by molar-refractivity contribution is 1.27. The molecular weight excluding hydrogens is 278 g/mol. The van der Waals surface area contributed by atoms with E-state index in [0.717, 1.165) is 22.6 Å². The van der Waals surface area contributed by atoms with Gasteiger partial charge in [-0.05, 0) is 67.9 Å². The third kappa shape index (κ3) is 3.44. The summed E-state index contributed by atoms with van der Waals surface area (Å²) in [5, 5.41) is 0. The maximum Gasteiger partial charge on any atom is 0.0464 e. The smallest absolute Gasteiger partial charge is 0.0464 e. The number of hydrogen-bond acceptors (Lipinski definition) is 1. The van der Waals surface area contributed by atoms with Crippen molar-refractivity contribution in [2.75, 3.05) is 4.90 Å². The first kappa shape index (κ1) is 14.9. The molecule has 0 aliphatic heterocycles. The molecule has 0 saturated carbocycles. The van der Waals surface area contributed by atoms with Gasteiger partial charge in [-0.15, -0.1) is 5.92 Å². The van der Waals surface area contributed by atoms with Gasteiger partial charge in [-0.3, -0.25) is 0 Å². The van der Waals surface area contributed by atoms with Gasteiger partial charge >= 0.3 is 0 Å². The maximum atomic E-state index is 3.09. The summed E-state index contributed by atoms with van der Waals surface area (Å²) >= 11 is 0. The second-order valence-electron chi connectivity index (χ2n) is 5.43. The molecule has 0 unspecified atom stereocenters. The van der Waals surface area contributed by atoms with Crippen molar-refractivity contribution in [2.24, 2.45) is 0 Å². The molecule has 0 heterocycles. The first-order valence-electron chi connectivity index (χ1n) is 7.72. The number of nitrogens with zero attached hydrogens (tertiary/aromatic N) is 1. The molecule has 0 spiro atoms. The van der Waals surface area contributed by atoms with Gasteiger partial charge in [0.05, 0.1) is 0 Å². The Bertz CT molecular complexity index is 836. The Morgan fingerprint density at radius 1 is 0.696 bits per heavy atom. The van der Waals surface area contributed by atoms with Crippen LogP contribution in [0, 0.1) is 18.8 Å². The highest BCUT2D eigenvalue weighted by atomic mass is 15.1. The first-order valence-corrected chi connectivity index (χ1v) is 7.72. The van der Waals surface area contributed by atoms with Crippen LogP contribution >= 0.6 is 0 Å². The molecule has 1 heteroatoms. The van der Waals surface area contributed by atoms with Crippen molar-refractivity contribution in [1.29, 1.82) is 0 Å². The fourth-order valence-corrected chi connectivity index (χ4v) is 2.63. The molecule has 0 saturated heterocycles. The van der Waals surface area contributed by atoms with Crippen LogP contribution in [0.4, 0.5) is 17.1 Å². The summed E-state index contributed by atoms with van der Waals surface area (Å²) in [5.74, 6) is 6.03. The molecule has 0 amide bonds. The molecule has 3 aromatic rings. The average Bonchev–Trinajstić information content (AvgIpc) is 2.58. The lowest BCUT2D eigenvalue weighted by Crippen LogP contribution is -2.09. The molecule has 0 radical (unpaired) electrons. The fraction of sp³-hybridized carbons (Fsp3) is 0.0909. The van der Waals surface area contributed by atoms with Gasteiger partial charge in [0, 0.05) is 22.6 Å². The van der Waals surface area contributed by atoms with Crippen LogP contribution in [0.3, 0.4) is 0 Å². The Morgan fingerprint density at radius 3 is 2.00 bits per heavy atom. The third-order valence-electron chi connectivity index (χ3n) is 3.67. The van der Waals surface area contributed by atoms with E-state index in [4.69, 9.17) is 0 Å². The normalized spacial score (nSPS) is 9.83. The zero-order chi connectivity index (χ0) is 16.1. The van der Waals surface area contributed by atoms with Gasteiger partial charge in [0.25, 0.3) is 0 Å². The van der Waals surface area contributed by atoms with Crippen molar-refractivity contribution < 1.29 is 0 Å². The molecule has 0 aromatic heterocycles. The number of aryl methyl sites for hydroxylation is 1. The van der Waals surface area contributed by atoms with E-state index in [9.17, 15) is 0 Å². The van der Waals surface area contributed by atoms with Gasteiger partial charge in [-0.1, -0.05) is 36.3 Å². The second-order valence-corrected chi connectivity index (χ2v) is 5.43. The van der Waals surface area contributed by atoms with E-state index in [2.05, 4.69) is 96.5 Å². The molecule has 3 rings (SSSR count). The Hall–Kier alpha value is -2.98. The number of rotatable bonds is 3. The average molecular weight is 297 g/mol. The van der Waals surface area contributed by atoms with E-state index in [1.165, 1.54) is 5.56 Å². The Kier molecular flexibility index (Phi) is 4.45. The van der Waals surface area contributed by atoms with Crippen molar-refractivity contribution in [1.82, 2.24) is 0 Å². The lowest BCUT2D eigenvalue weighted by Gasteiger charge is -2.25. The van der Waals surface area contributed by atoms with Gasteiger partial charge in [-0.2, -0.15) is 0 Å². The minimum absolute atomic E-state index is 1.04. The summed E-state index contributed by atoms with van der Waals surface area (Å²) in [5.41, 5.74) is 5.71. The van der Waals surface area contributed by atoms with Crippen LogP contribution in [0.1, 0.15) is 18.1 Å². The quantitative estimate of drug-likeness (QED) is 0.549. The van der Waals surface area contributed by atoms with Gasteiger partial charge in [0.2, 0.25) is 0 Å².